The van der Waals surface area contributed by atoms with Gasteiger partial charge in [-0.2, -0.15) is 18.3 Å². The third kappa shape index (κ3) is 3.38. The van der Waals surface area contributed by atoms with E-state index in [4.69, 9.17) is 0 Å². The topological polar surface area (TPSA) is 46.9 Å². The van der Waals surface area contributed by atoms with Gasteiger partial charge in [0, 0.05) is 18.3 Å². The summed E-state index contributed by atoms with van der Waals surface area (Å²) in [6.45, 7) is 5.38. The van der Waals surface area contributed by atoms with Gasteiger partial charge in [-0.1, -0.05) is 12.1 Å². The van der Waals surface area contributed by atoms with Crippen molar-refractivity contribution in [1.29, 1.82) is 0 Å². The number of hydrogen-bond acceptors (Lipinski definition) is 2. The van der Waals surface area contributed by atoms with Crippen molar-refractivity contribution in [3.8, 4) is 0 Å². The molecule has 0 spiro atoms. The second-order valence-corrected chi connectivity index (χ2v) is 5.45. The minimum Gasteiger partial charge on any atom is -0.345 e. The van der Waals surface area contributed by atoms with Crippen LogP contribution in [-0.2, 0) is 13.2 Å². The molecule has 0 saturated heterocycles. The van der Waals surface area contributed by atoms with Crippen LogP contribution in [0, 0.1) is 13.8 Å². The summed E-state index contributed by atoms with van der Waals surface area (Å²) in [4.78, 5) is 12.3. The summed E-state index contributed by atoms with van der Waals surface area (Å²) < 4.78 is 40.7. The summed E-state index contributed by atoms with van der Waals surface area (Å²) in [7, 11) is 1.78. The first-order chi connectivity index (χ1) is 10.6. The molecule has 1 amide bonds. The van der Waals surface area contributed by atoms with Gasteiger partial charge < -0.3 is 5.32 Å². The maximum Gasteiger partial charge on any atom is 0.417 e. The van der Waals surface area contributed by atoms with Crippen LogP contribution in [0.5, 0.6) is 0 Å². The van der Waals surface area contributed by atoms with Gasteiger partial charge in [-0.3, -0.25) is 9.48 Å². The van der Waals surface area contributed by atoms with Crippen molar-refractivity contribution < 1.29 is 18.0 Å². The fourth-order valence-electron chi connectivity index (χ4n) is 2.69. The fraction of sp³-hybridized carbons (Fsp3) is 0.375. The third-order valence-corrected chi connectivity index (χ3v) is 3.82. The Bertz CT molecular complexity index is 735. The Hall–Kier alpha value is -2.31. The first-order valence-corrected chi connectivity index (χ1v) is 7.10. The number of alkyl halides is 3. The summed E-state index contributed by atoms with van der Waals surface area (Å²) in [6, 6.07) is 4.31. The van der Waals surface area contributed by atoms with Crippen LogP contribution >= 0.6 is 0 Å². The number of nitrogens with zero attached hydrogens (tertiary/aromatic N) is 2. The highest BCUT2D eigenvalue weighted by Gasteiger charge is 2.35. The Kier molecular flexibility index (Phi) is 4.49. The van der Waals surface area contributed by atoms with E-state index in [0.717, 1.165) is 23.0 Å². The Morgan fingerprint density at radius 2 is 1.87 bits per heavy atom. The lowest BCUT2D eigenvalue weighted by molar-refractivity contribution is -0.137. The van der Waals surface area contributed by atoms with Gasteiger partial charge in [0.25, 0.3) is 5.91 Å². The summed E-state index contributed by atoms with van der Waals surface area (Å²) in [5.41, 5.74) is 1.09. The molecular formula is C16H18F3N3O. The zero-order chi connectivity index (χ0) is 17.4. The molecule has 1 aromatic carbocycles. The molecule has 1 aromatic heterocycles. The molecule has 7 heteroatoms. The summed E-state index contributed by atoms with van der Waals surface area (Å²) in [6.07, 6.45) is -4.57. The number of benzene rings is 1. The number of halogens is 3. The lowest BCUT2D eigenvalue weighted by Gasteiger charge is -2.17. The van der Waals surface area contributed by atoms with Crippen molar-refractivity contribution in [1.82, 2.24) is 15.1 Å². The fourth-order valence-corrected chi connectivity index (χ4v) is 2.69. The number of carbonyl (C=O) groups is 1. The van der Waals surface area contributed by atoms with Crippen LogP contribution in [0.2, 0.25) is 0 Å². The number of nitrogens with one attached hydrogen (secondary N) is 1. The van der Waals surface area contributed by atoms with Crippen molar-refractivity contribution in [2.24, 2.45) is 7.05 Å². The van der Waals surface area contributed by atoms with E-state index in [-0.39, 0.29) is 5.56 Å². The number of aryl methyl sites for hydroxylation is 2. The smallest absolute Gasteiger partial charge is 0.345 e. The van der Waals surface area contributed by atoms with Gasteiger partial charge in [0.05, 0.1) is 22.9 Å². The Morgan fingerprint density at radius 1 is 1.26 bits per heavy atom. The van der Waals surface area contributed by atoms with Crippen molar-refractivity contribution in [2.75, 3.05) is 0 Å². The summed E-state index contributed by atoms with van der Waals surface area (Å²) in [5.74, 6) is -0.756. The Labute approximate surface area is 132 Å². The predicted molar refractivity (Wildman–Crippen MR) is 80.0 cm³/mol. The van der Waals surface area contributed by atoms with Crippen LogP contribution in [0.25, 0.3) is 0 Å². The van der Waals surface area contributed by atoms with E-state index < -0.39 is 23.7 Å². The molecule has 1 unspecified atom stereocenters. The molecule has 1 atom stereocenters. The molecule has 2 rings (SSSR count). The molecule has 0 bridgehead atoms. The third-order valence-electron chi connectivity index (χ3n) is 3.82. The molecule has 1 heterocycles. The lowest BCUT2D eigenvalue weighted by Crippen LogP contribution is -2.29. The normalized spacial score (nSPS) is 13.0. The van der Waals surface area contributed by atoms with Gasteiger partial charge in [-0.05, 0) is 32.9 Å². The Balaban J connectivity index is 2.30. The average Bonchev–Trinajstić information content (AvgIpc) is 2.71. The molecule has 0 aliphatic heterocycles. The molecule has 2 aromatic rings. The average molecular weight is 325 g/mol. The molecule has 0 aliphatic carbocycles. The number of amides is 1. The van der Waals surface area contributed by atoms with Gasteiger partial charge >= 0.3 is 6.18 Å². The standard InChI is InChI=1S/C16H18F3N3O/c1-9(14-10(2)21-22(4)11(14)3)20-15(23)12-7-5-6-8-13(12)16(17,18)19/h5-9H,1-4H3,(H,20,23). The van der Waals surface area contributed by atoms with E-state index in [1.807, 2.05) is 6.92 Å². The molecule has 4 nitrogen and oxygen atoms in total. The van der Waals surface area contributed by atoms with Gasteiger partial charge in [0.2, 0.25) is 0 Å². The van der Waals surface area contributed by atoms with Crippen molar-refractivity contribution >= 4 is 5.91 Å². The van der Waals surface area contributed by atoms with Gasteiger partial charge in [0.15, 0.2) is 0 Å². The van der Waals surface area contributed by atoms with Gasteiger partial charge in [-0.25, -0.2) is 0 Å². The van der Waals surface area contributed by atoms with E-state index >= 15 is 0 Å². The van der Waals surface area contributed by atoms with E-state index in [9.17, 15) is 18.0 Å². The first-order valence-electron chi connectivity index (χ1n) is 7.10. The number of hydrogen-bond donors (Lipinski definition) is 1. The maximum atomic E-state index is 13.0. The largest absolute Gasteiger partial charge is 0.417 e. The van der Waals surface area contributed by atoms with E-state index in [0.29, 0.717) is 0 Å². The predicted octanol–water partition coefficient (Wildman–Crippen LogP) is 3.55. The van der Waals surface area contributed by atoms with Crippen molar-refractivity contribution in [2.45, 2.75) is 33.0 Å². The molecule has 0 fully saturated rings. The minimum absolute atomic E-state index is 0.383. The quantitative estimate of drug-likeness (QED) is 0.938. The van der Waals surface area contributed by atoms with Crippen LogP contribution < -0.4 is 5.32 Å². The zero-order valence-electron chi connectivity index (χ0n) is 13.3. The first kappa shape index (κ1) is 17.1. The van der Waals surface area contributed by atoms with E-state index in [1.54, 1.807) is 25.6 Å². The van der Waals surface area contributed by atoms with Crippen LogP contribution in [0.1, 0.15) is 45.8 Å². The Morgan fingerprint density at radius 3 is 2.39 bits per heavy atom. The van der Waals surface area contributed by atoms with Gasteiger partial charge in [0.1, 0.15) is 0 Å². The maximum absolute atomic E-state index is 13.0. The zero-order valence-corrected chi connectivity index (χ0v) is 13.3. The van der Waals surface area contributed by atoms with Crippen LogP contribution in [0.3, 0.4) is 0 Å². The highest BCUT2D eigenvalue weighted by Crippen LogP contribution is 2.32. The molecule has 1 N–H and O–H groups in total. The van der Waals surface area contributed by atoms with E-state index in [2.05, 4.69) is 10.4 Å². The lowest BCUT2D eigenvalue weighted by atomic mass is 10.0. The number of carbonyl (C=O) groups excluding carboxylic acids is 1. The monoisotopic (exact) mass is 325 g/mol. The summed E-state index contributed by atoms with van der Waals surface area (Å²) in [5, 5.41) is 6.88. The van der Waals surface area contributed by atoms with Gasteiger partial charge in [-0.15, -0.1) is 0 Å². The minimum atomic E-state index is -4.57. The molecule has 0 radical (unpaired) electrons. The second kappa shape index (κ2) is 6.06. The second-order valence-electron chi connectivity index (χ2n) is 5.45. The number of rotatable bonds is 3. The highest BCUT2D eigenvalue weighted by atomic mass is 19.4. The van der Waals surface area contributed by atoms with Crippen LogP contribution in [0.4, 0.5) is 13.2 Å². The molecule has 23 heavy (non-hydrogen) atoms. The molecule has 124 valence electrons. The van der Waals surface area contributed by atoms with Crippen molar-refractivity contribution in [3.05, 3.63) is 52.3 Å². The highest BCUT2D eigenvalue weighted by molar-refractivity contribution is 5.96. The van der Waals surface area contributed by atoms with Crippen LogP contribution in [-0.4, -0.2) is 15.7 Å². The van der Waals surface area contributed by atoms with Crippen molar-refractivity contribution in [3.63, 3.8) is 0 Å². The SMILES string of the molecule is Cc1nn(C)c(C)c1C(C)NC(=O)c1ccccc1C(F)(F)F. The van der Waals surface area contributed by atoms with E-state index in [1.165, 1.54) is 18.2 Å². The number of aromatic nitrogens is 2. The summed E-state index contributed by atoms with van der Waals surface area (Å²) >= 11 is 0. The molecular weight excluding hydrogens is 307 g/mol. The molecule has 0 saturated carbocycles. The molecule has 0 aliphatic rings. The van der Waals surface area contributed by atoms with Crippen LogP contribution in [0.15, 0.2) is 24.3 Å².